The van der Waals surface area contributed by atoms with Gasteiger partial charge in [0.15, 0.2) is 0 Å². The van der Waals surface area contributed by atoms with Crippen molar-refractivity contribution in [2.75, 3.05) is 0 Å². The minimum atomic E-state index is 0.0781. The molecular formula is C14H18O. The van der Waals surface area contributed by atoms with E-state index in [0.29, 0.717) is 11.7 Å². The van der Waals surface area contributed by atoms with E-state index >= 15 is 0 Å². The lowest BCUT2D eigenvalue weighted by atomic mass is 9.88. The zero-order valence-corrected chi connectivity index (χ0v) is 9.28. The lowest BCUT2D eigenvalue weighted by Crippen LogP contribution is -2.17. The molecule has 1 heteroatoms. The molecule has 0 unspecified atom stereocenters. The number of ketones is 1. The summed E-state index contributed by atoms with van der Waals surface area (Å²) >= 11 is 0. The zero-order valence-electron chi connectivity index (χ0n) is 9.28. The van der Waals surface area contributed by atoms with Gasteiger partial charge in [0.1, 0.15) is 5.78 Å². The molecule has 1 aliphatic rings. The monoisotopic (exact) mass is 202 g/mol. The molecule has 0 N–H and O–H groups in total. The molecule has 0 aliphatic heterocycles. The van der Waals surface area contributed by atoms with Gasteiger partial charge in [-0.05, 0) is 18.4 Å². The molecule has 0 radical (unpaired) electrons. The minimum absolute atomic E-state index is 0.0781. The first-order valence-corrected chi connectivity index (χ1v) is 5.87. The maximum Gasteiger partial charge on any atom is 0.143 e. The Morgan fingerprint density at radius 3 is 2.40 bits per heavy atom. The molecule has 0 aromatic heterocycles. The summed E-state index contributed by atoms with van der Waals surface area (Å²) in [5, 5.41) is 0. The first-order chi connectivity index (χ1) is 7.29. The van der Waals surface area contributed by atoms with Gasteiger partial charge in [-0.15, -0.1) is 0 Å². The maximum atomic E-state index is 12.1. The number of benzene rings is 1. The number of rotatable bonds is 3. The standard InChI is InChI=1S/C14H18O/c1-11(12-7-3-2-4-8-12)14(15)13-9-5-6-10-13/h2-4,7-8,11,13H,5-6,9-10H2,1H3/t11-/m0/s1. The molecular weight excluding hydrogens is 184 g/mol. The largest absolute Gasteiger partial charge is 0.299 e. The summed E-state index contributed by atoms with van der Waals surface area (Å²) in [7, 11) is 0. The molecule has 1 aromatic carbocycles. The van der Waals surface area contributed by atoms with Crippen molar-refractivity contribution >= 4 is 5.78 Å². The summed E-state index contributed by atoms with van der Waals surface area (Å²) in [6.07, 6.45) is 4.68. The van der Waals surface area contributed by atoms with Crippen LogP contribution in [0.5, 0.6) is 0 Å². The molecule has 0 saturated heterocycles. The van der Waals surface area contributed by atoms with Gasteiger partial charge in [-0.2, -0.15) is 0 Å². The fourth-order valence-corrected chi connectivity index (χ4v) is 2.47. The number of carbonyl (C=O) groups excluding carboxylic acids is 1. The van der Waals surface area contributed by atoms with E-state index in [9.17, 15) is 4.79 Å². The van der Waals surface area contributed by atoms with Crippen LogP contribution in [0.4, 0.5) is 0 Å². The molecule has 1 nitrogen and oxygen atoms in total. The van der Waals surface area contributed by atoms with Gasteiger partial charge in [0.2, 0.25) is 0 Å². The van der Waals surface area contributed by atoms with Crippen molar-refractivity contribution in [2.45, 2.75) is 38.5 Å². The first kappa shape index (κ1) is 10.4. The predicted molar refractivity (Wildman–Crippen MR) is 61.8 cm³/mol. The molecule has 0 heterocycles. The molecule has 1 atom stereocenters. The summed E-state index contributed by atoms with van der Waals surface area (Å²) < 4.78 is 0. The van der Waals surface area contributed by atoms with Crippen LogP contribution in [0.1, 0.15) is 44.1 Å². The van der Waals surface area contributed by atoms with Gasteiger partial charge >= 0.3 is 0 Å². The third-order valence-electron chi connectivity index (χ3n) is 3.48. The number of hydrogen-bond acceptors (Lipinski definition) is 1. The molecule has 1 aliphatic carbocycles. The Morgan fingerprint density at radius 1 is 1.20 bits per heavy atom. The predicted octanol–water partition coefficient (Wildman–Crippen LogP) is 3.55. The third-order valence-corrected chi connectivity index (χ3v) is 3.48. The van der Waals surface area contributed by atoms with Gasteiger partial charge in [0, 0.05) is 11.8 Å². The topological polar surface area (TPSA) is 17.1 Å². The van der Waals surface area contributed by atoms with E-state index in [1.165, 1.54) is 12.8 Å². The molecule has 15 heavy (non-hydrogen) atoms. The van der Waals surface area contributed by atoms with Gasteiger partial charge in [-0.25, -0.2) is 0 Å². The van der Waals surface area contributed by atoms with Gasteiger partial charge in [0.25, 0.3) is 0 Å². The highest BCUT2D eigenvalue weighted by Crippen LogP contribution is 2.30. The van der Waals surface area contributed by atoms with E-state index in [-0.39, 0.29) is 5.92 Å². The van der Waals surface area contributed by atoms with Crippen LogP contribution in [-0.4, -0.2) is 5.78 Å². The van der Waals surface area contributed by atoms with Crippen molar-refractivity contribution in [2.24, 2.45) is 5.92 Å². The normalized spacial score (nSPS) is 19.0. The van der Waals surface area contributed by atoms with Crippen LogP contribution in [0.15, 0.2) is 30.3 Å². The van der Waals surface area contributed by atoms with Gasteiger partial charge in [-0.3, -0.25) is 4.79 Å². The van der Waals surface area contributed by atoms with Crippen LogP contribution in [0, 0.1) is 5.92 Å². The first-order valence-electron chi connectivity index (χ1n) is 5.87. The van der Waals surface area contributed by atoms with Gasteiger partial charge in [0.05, 0.1) is 0 Å². The molecule has 0 spiro atoms. The summed E-state index contributed by atoms with van der Waals surface area (Å²) in [6, 6.07) is 10.1. The van der Waals surface area contributed by atoms with Crippen molar-refractivity contribution in [1.82, 2.24) is 0 Å². The summed E-state index contributed by atoms with van der Waals surface area (Å²) in [5.74, 6) is 0.855. The maximum absolute atomic E-state index is 12.1. The van der Waals surface area contributed by atoms with E-state index in [1.54, 1.807) is 0 Å². The summed E-state index contributed by atoms with van der Waals surface area (Å²) in [4.78, 5) is 12.1. The van der Waals surface area contributed by atoms with Gasteiger partial charge in [-0.1, -0.05) is 50.1 Å². The Bertz CT molecular complexity index is 322. The lowest BCUT2D eigenvalue weighted by molar-refractivity contribution is -0.123. The highest BCUT2D eigenvalue weighted by atomic mass is 16.1. The summed E-state index contributed by atoms with van der Waals surface area (Å²) in [5.41, 5.74) is 1.16. The third kappa shape index (κ3) is 2.28. The Morgan fingerprint density at radius 2 is 1.80 bits per heavy atom. The Kier molecular flexibility index (Phi) is 3.20. The van der Waals surface area contributed by atoms with Crippen molar-refractivity contribution in [1.29, 1.82) is 0 Å². The summed E-state index contributed by atoms with van der Waals surface area (Å²) in [6.45, 7) is 2.04. The molecule has 80 valence electrons. The van der Waals surface area contributed by atoms with Crippen LogP contribution < -0.4 is 0 Å². The van der Waals surface area contributed by atoms with E-state index in [4.69, 9.17) is 0 Å². The SMILES string of the molecule is C[C@H](C(=O)C1CCCC1)c1ccccc1. The molecule has 0 bridgehead atoms. The van der Waals surface area contributed by atoms with Crippen molar-refractivity contribution in [3.63, 3.8) is 0 Å². The molecule has 0 amide bonds. The fraction of sp³-hybridized carbons (Fsp3) is 0.500. The Labute approximate surface area is 91.5 Å². The van der Waals surface area contributed by atoms with Crippen LogP contribution in [-0.2, 0) is 4.79 Å². The quantitative estimate of drug-likeness (QED) is 0.732. The van der Waals surface area contributed by atoms with Crippen LogP contribution in [0.3, 0.4) is 0 Å². The number of hydrogen-bond donors (Lipinski definition) is 0. The van der Waals surface area contributed by atoms with Crippen molar-refractivity contribution in [3.05, 3.63) is 35.9 Å². The fourth-order valence-electron chi connectivity index (χ4n) is 2.47. The second kappa shape index (κ2) is 4.61. The minimum Gasteiger partial charge on any atom is -0.299 e. The smallest absolute Gasteiger partial charge is 0.143 e. The van der Waals surface area contributed by atoms with Crippen molar-refractivity contribution in [3.8, 4) is 0 Å². The number of Topliss-reactive ketones (excluding diaryl/α,β-unsaturated/α-hetero) is 1. The Balaban J connectivity index is 2.07. The van der Waals surface area contributed by atoms with E-state index in [2.05, 4.69) is 12.1 Å². The average Bonchev–Trinajstić information content (AvgIpc) is 2.82. The van der Waals surface area contributed by atoms with E-state index < -0.39 is 0 Å². The Hall–Kier alpha value is -1.11. The van der Waals surface area contributed by atoms with Crippen LogP contribution >= 0.6 is 0 Å². The second-order valence-electron chi connectivity index (χ2n) is 4.52. The lowest BCUT2D eigenvalue weighted by Gasteiger charge is -2.15. The highest BCUT2D eigenvalue weighted by Gasteiger charge is 2.27. The molecule has 1 aromatic rings. The molecule has 1 saturated carbocycles. The van der Waals surface area contributed by atoms with Crippen molar-refractivity contribution < 1.29 is 4.79 Å². The molecule has 2 rings (SSSR count). The highest BCUT2D eigenvalue weighted by molar-refractivity contribution is 5.87. The van der Waals surface area contributed by atoms with E-state index in [0.717, 1.165) is 18.4 Å². The van der Waals surface area contributed by atoms with Gasteiger partial charge < -0.3 is 0 Å². The zero-order chi connectivity index (χ0) is 10.7. The van der Waals surface area contributed by atoms with Crippen LogP contribution in [0.25, 0.3) is 0 Å². The molecule has 1 fully saturated rings. The number of carbonyl (C=O) groups is 1. The van der Waals surface area contributed by atoms with Crippen LogP contribution in [0.2, 0.25) is 0 Å². The second-order valence-corrected chi connectivity index (χ2v) is 4.52. The average molecular weight is 202 g/mol. The van der Waals surface area contributed by atoms with E-state index in [1.807, 2.05) is 25.1 Å².